The minimum Gasteiger partial charge on any atom is -0.395 e. The van der Waals surface area contributed by atoms with Gasteiger partial charge >= 0.3 is 0 Å². The van der Waals surface area contributed by atoms with Crippen molar-refractivity contribution in [1.82, 2.24) is 25.4 Å². The highest BCUT2D eigenvalue weighted by Crippen LogP contribution is 2.27. The van der Waals surface area contributed by atoms with Crippen LogP contribution in [0.2, 0.25) is 5.02 Å². The molecule has 2 aromatic heterocycles. The minimum absolute atomic E-state index is 0.0120. The lowest BCUT2D eigenvalue weighted by Gasteiger charge is -2.11. The predicted octanol–water partition coefficient (Wildman–Crippen LogP) is 3.43. The summed E-state index contributed by atoms with van der Waals surface area (Å²) in [4.78, 5) is 30.4. The standard InChI is InChI=1S/C27H24ClFN6O3/c28-21-9-8-16(25-22(29)7-4-10-30-25)11-20(21)26(37)33-24-13-23(34-35(24)19-5-2-1-3-6-19)27(38)32-17-12-18(15-36)31-14-17/h1-11,13,17-18,31,36H,12,14-15H2,(H,32,38)(H,33,37)/t17-,18-/m0/s1. The van der Waals surface area contributed by atoms with Crippen molar-refractivity contribution < 1.29 is 19.1 Å². The van der Waals surface area contributed by atoms with E-state index in [2.05, 4.69) is 26.0 Å². The van der Waals surface area contributed by atoms with E-state index in [4.69, 9.17) is 11.6 Å². The molecule has 11 heteroatoms. The molecule has 0 radical (unpaired) electrons. The van der Waals surface area contributed by atoms with Gasteiger partial charge < -0.3 is 21.1 Å². The van der Waals surface area contributed by atoms with Crippen LogP contribution in [0.1, 0.15) is 27.3 Å². The first-order valence-electron chi connectivity index (χ1n) is 12.0. The first-order chi connectivity index (χ1) is 18.4. The number of hydrogen-bond acceptors (Lipinski definition) is 6. The third kappa shape index (κ3) is 5.42. The number of rotatable bonds is 7. The lowest BCUT2D eigenvalue weighted by atomic mass is 10.1. The first-order valence-corrected chi connectivity index (χ1v) is 12.3. The number of pyridine rings is 1. The molecule has 2 amide bonds. The number of amides is 2. The highest BCUT2D eigenvalue weighted by molar-refractivity contribution is 6.34. The molecule has 1 fully saturated rings. The van der Waals surface area contributed by atoms with Crippen LogP contribution in [0, 0.1) is 5.82 Å². The number of carbonyl (C=O) groups excluding carboxylic acids is 2. The maximum Gasteiger partial charge on any atom is 0.272 e. The lowest BCUT2D eigenvalue weighted by Crippen LogP contribution is -2.36. The van der Waals surface area contributed by atoms with E-state index >= 15 is 0 Å². The fourth-order valence-corrected chi connectivity index (χ4v) is 4.51. The van der Waals surface area contributed by atoms with E-state index in [1.54, 1.807) is 18.2 Å². The number of aromatic nitrogens is 3. The topological polar surface area (TPSA) is 121 Å². The van der Waals surface area contributed by atoms with E-state index in [0.29, 0.717) is 24.2 Å². The van der Waals surface area contributed by atoms with Crippen molar-refractivity contribution in [1.29, 1.82) is 0 Å². The fraction of sp³-hybridized carbons (Fsp3) is 0.185. The van der Waals surface area contributed by atoms with Gasteiger partial charge in [-0.15, -0.1) is 0 Å². The second kappa shape index (κ2) is 11.1. The summed E-state index contributed by atoms with van der Waals surface area (Å²) in [6.45, 7) is 0.521. The van der Waals surface area contributed by atoms with Gasteiger partial charge in [-0.25, -0.2) is 9.07 Å². The highest BCUT2D eigenvalue weighted by Gasteiger charge is 2.27. The Kier molecular flexibility index (Phi) is 7.45. The molecule has 38 heavy (non-hydrogen) atoms. The van der Waals surface area contributed by atoms with Gasteiger partial charge in [0.05, 0.1) is 22.9 Å². The Balaban J connectivity index is 1.43. The number of benzene rings is 2. The molecule has 1 aliphatic rings. The number of halogens is 2. The SMILES string of the molecule is O=C(N[C@@H]1CN[C@H](CO)C1)c1cc(NC(=O)c2cc(-c3ncccc3F)ccc2Cl)n(-c2ccccc2)n1. The Hall–Kier alpha value is -4.12. The van der Waals surface area contributed by atoms with E-state index in [9.17, 15) is 19.1 Å². The van der Waals surface area contributed by atoms with Crippen molar-refractivity contribution >= 4 is 29.2 Å². The van der Waals surface area contributed by atoms with Crippen molar-refractivity contribution in [3.8, 4) is 16.9 Å². The number of nitrogens with one attached hydrogen (secondary N) is 3. The van der Waals surface area contributed by atoms with E-state index in [-0.39, 0.29) is 46.5 Å². The Morgan fingerprint density at radius 3 is 2.66 bits per heavy atom. The van der Waals surface area contributed by atoms with Gasteiger partial charge in [0.2, 0.25) is 0 Å². The second-order valence-corrected chi connectivity index (χ2v) is 9.25. The summed E-state index contributed by atoms with van der Waals surface area (Å²) in [5.41, 5.74) is 1.32. The summed E-state index contributed by atoms with van der Waals surface area (Å²) in [7, 11) is 0. The van der Waals surface area contributed by atoms with Gasteiger partial charge in [-0.05, 0) is 42.8 Å². The molecule has 0 aliphatic carbocycles. The zero-order valence-electron chi connectivity index (χ0n) is 20.1. The van der Waals surface area contributed by atoms with Gasteiger partial charge in [0.1, 0.15) is 17.3 Å². The van der Waals surface area contributed by atoms with Crippen LogP contribution in [0.4, 0.5) is 10.2 Å². The van der Waals surface area contributed by atoms with Crippen LogP contribution in [0.15, 0.2) is 72.9 Å². The Morgan fingerprint density at radius 2 is 1.92 bits per heavy atom. The van der Waals surface area contributed by atoms with Crippen molar-refractivity contribution in [2.24, 2.45) is 0 Å². The predicted molar refractivity (Wildman–Crippen MR) is 141 cm³/mol. The van der Waals surface area contributed by atoms with Gasteiger partial charge in [-0.2, -0.15) is 5.10 Å². The van der Waals surface area contributed by atoms with Gasteiger partial charge in [-0.3, -0.25) is 14.6 Å². The molecule has 0 spiro atoms. The van der Waals surface area contributed by atoms with Crippen molar-refractivity contribution in [3.63, 3.8) is 0 Å². The quantitative estimate of drug-likeness (QED) is 0.288. The summed E-state index contributed by atoms with van der Waals surface area (Å²) < 4.78 is 15.8. The lowest BCUT2D eigenvalue weighted by molar-refractivity contribution is 0.0932. The number of carbonyl (C=O) groups is 2. The average Bonchev–Trinajstić information content (AvgIpc) is 3.57. The van der Waals surface area contributed by atoms with Crippen LogP contribution in [-0.4, -0.2) is 56.9 Å². The molecule has 1 saturated heterocycles. The molecule has 194 valence electrons. The Morgan fingerprint density at radius 1 is 1.11 bits per heavy atom. The number of hydrogen-bond donors (Lipinski definition) is 4. The summed E-state index contributed by atoms with van der Waals surface area (Å²) >= 11 is 6.33. The minimum atomic E-state index is -0.567. The molecule has 5 rings (SSSR count). The van der Waals surface area contributed by atoms with Crippen molar-refractivity contribution in [2.45, 2.75) is 18.5 Å². The van der Waals surface area contributed by atoms with Crippen molar-refractivity contribution in [3.05, 3.63) is 95.0 Å². The van der Waals surface area contributed by atoms with Crippen molar-refractivity contribution in [2.75, 3.05) is 18.5 Å². The molecular weight excluding hydrogens is 511 g/mol. The van der Waals surface area contributed by atoms with E-state index in [1.165, 1.54) is 41.2 Å². The van der Waals surface area contributed by atoms with Crippen LogP contribution in [0.3, 0.4) is 0 Å². The van der Waals surface area contributed by atoms with E-state index in [1.807, 2.05) is 18.2 Å². The number of aliphatic hydroxyl groups excluding tert-OH is 1. The zero-order chi connectivity index (χ0) is 26.6. The number of nitrogens with zero attached hydrogens (tertiary/aromatic N) is 3. The molecule has 4 aromatic rings. The van der Waals surface area contributed by atoms with E-state index in [0.717, 1.165) is 0 Å². The maximum absolute atomic E-state index is 14.3. The Labute approximate surface area is 222 Å². The molecule has 1 aliphatic heterocycles. The zero-order valence-corrected chi connectivity index (χ0v) is 20.8. The van der Waals surface area contributed by atoms with Gasteiger partial charge in [0, 0.05) is 36.5 Å². The number of anilines is 1. The molecule has 4 N–H and O–H groups in total. The first kappa shape index (κ1) is 25.5. The molecule has 2 aromatic carbocycles. The smallest absolute Gasteiger partial charge is 0.272 e. The van der Waals surface area contributed by atoms with Gasteiger partial charge in [0.25, 0.3) is 11.8 Å². The monoisotopic (exact) mass is 534 g/mol. The third-order valence-corrected chi connectivity index (χ3v) is 6.53. The highest BCUT2D eigenvalue weighted by atomic mass is 35.5. The van der Waals surface area contributed by atoms with Gasteiger partial charge in [0.15, 0.2) is 5.69 Å². The summed E-state index contributed by atoms with van der Waals surface area (Å²) in [6, 6.07) is 17.6. The van der Waals surface area contributed by atoms with Crippen LogP contribution in [0.5, 0.6) is 0 Å². The molecular formula is C27H24ClFN6O3. The maximum atomic E-state index is 14.3. The molecule has 3 heterocycles. The molecule has 9 nitrogen and oxygen atoms in total. The van der Waals surface area contributed by atoms with E-state index < -0.39 is 17.6 Å². The van der Waals surface area contributed by atoms with Crippen LogP contribution in [-0.2, 0) is 0 Å². The molecule has 0 saturated carbocycles. The largest absolute Gasteiger partial charge is 0.395 e. The summed E-state index contributed by atoms with van der Waals surface area (Å²) in [6.07, 6.45) is 2.06. The molecule has 0 unspecified atom stereocenters. The second-order valence-electron chi connectivity index (χ2n) is 8.84. The van der Waals surface area contributed by atoms with Gasteiger partial charge in [-0.1, -0.05) is 35.9 Å². The van der Waals surface area contributed by atoms with Crippen LogP contribution < -0.4 is 16.0 Å². The normalized spacial score (nSPS) is 16.8. The third-order valence-electron chi connectivity index (χ3n) is 6.20. The fourth-order valence-electron chi connectivity index (χ4n) is 4.30. The summed E-state index contributed by atoms with van der Waals surface area (Å²) in [5.74, 6) is -1.26. The molecule has 2 atom stereocenters. The summed E-state index contributed by atoms with van der Waals surface area (Å²) in [5, 5.41) is 22.8. The Bertz CT molecular complexity index is 1480. The average molecular weight is 535 g/mol. The molecule has 0 bridgehead atoms. The number of para-hydroxylation sites is 1. The number of aliphatic hydroxyl groups is 1. The van der Waals surface area contributed by atoms with Crippen LogP contribution >= 0.6 is 11.6 Å². The van der Waals surface area contributed by atoms with Crippen LogP contribution in [0.25, 0.3) is 16.9 Å².